The third kappa shape index (κ3) is 2.61. The molecule has 0 aromatic heterocycles. The van der Waals surface area contributed by atoms with Gasteiger partial charge in [0.25, 0.3) is 0 Å². The van der Waals surface area contributed by atoms with E-state index in [2.05, 4.69) is 32.7 Å². The Labute approximate surface area is 127 Å². The van der Waals surface area contributed by atoms with Crippen LogP contribution in [0.5, 0.6) is 0 Å². The summed E-state index contributed by atoms with van der Waals surface area (Å²) in [6.07, 6.45) is -14.3. The summed E-state index contributed by atoms with van der Waals surface area (Å²) < 4.78 is 158. The Morgan fingerprint density at radius 3 is 1.17 bits per heavy atom. The highest BCUT2D eigenvalue weighted by molar-refractivity contribution is 6.32. The molecular formula is C7Cl2F12O2. The maximum absolute atomic E-state index is 13.3. The summed E-state index contributed by atoms with van der Waals surface area (Å²) in [4.78, 5) is 0. The Morgan fingerprint density at radius 2 is 0.957 bits per heavy atom. The van der Waals surface area contributed by atoms with Crippen molar-refractivity contribution in [3.8, 4) is 0 Å². The van der Waals surface area contributed by atoms with E-state index >= 15 is 0 Å². The number of rotatable bonds is 2. The summed E-state index contributed by atoms with van der Waals surface area (Å²) in [5.74, 6) is -21.4. The molecule has 2 atom stereocenters. The monoisotopic (exact) mass is 414 g/mol. The van der Waals surface area contributed by atoms with Gasteiger partial charge in [-0.1, -0.05) is 0 Å². The lowest BCUT2D eigenvalue weighted by atomic mass is 10.0. The number of ether oxygens (including phenoxy) is 2. The molecule has 0 aromatic rings. The summed E-state index contributed by atoms with van der Waals surface area (Å²) >= 11 is 8.48. The summed E-state index contributed by atoms with van der Waals surface area (Å²) in [5.41, 5.74) is 0. The van der Waals surface area contributed by atoms with Crippen LogP contribution in [0.15, 0.2) is 0 Å². The van der Waals surface area contributed by atoms with Crippen molar-refractivity contribution in [3.63, 3.8) is 0 Å². The van der Waals surface area contributed by atoms with Crippen LogP contribution in [0.25, 0.3) is 0 Å². The van der Waals surface area contributed by atoms with Gasteiger partial charge in [-0.25, -0.2) is 0 Å². The van der Waals surface area contributed by atoms with E-state index in [1.807, 2.05) is 0 Å². The second-order valence-electron chi connectivity index (χ2n) is 4.00. The molecule has 1 aliphatic rings. The summed E-state index contributed by atoms with van der Waals surface area (Å²) in [6, 6.07) is 0. The lowest BCUT2D eigenvalue weighted by Crippen LogP contribution is -2.70. The number of hydrogen-bond acceptors (Lipinski definition) is 2. The van der Waals surface area contributed by atoms with E-state index in [1.54, 1.807) is 0 Å². The minimum Gasteiger partial charge on any atom is -0.281 e. The second kappa shape index (κ2) is 4.85. The molecule has 2 nitrogen and oxygen atoms in total. The first-order valence-electron chi connectivity index (χ1n) is 4.71. The van der Waals surface area contributed by atoms with Gasteiger partial charge < -0.3 is 0 Å². The average Bonchev–Trinajstić information content (AvgIpc) is 2.43. The van der Waals surface area contributed by atoms with Gasteiger partial charge in [0.1, 0.15) is 0 Å². The van der Waals surface area contributed by atoms with E-state index in [0.717, 1.165) is 0 Å². The van der Waals surface area contributed by atoms with Crippen LogP contribution in [-0.4, -0.2) is 40.6 Å². The molecule has 1 saturated heterocycles. The predicted octanol–water partition coefficient (Wildman–Crippen LogP) is 4.85. The largest absolute Gasteiger partial charge is 0.460 e. The highest BCUT2D eigenvalue weighted by Crippen LogP contribution is 2.65. The van der Waals surface area contributed by atoms with Crippen LogP contribution < -0.4 is 0 Å². The standard InChI is InChI=1S/C7Cl2F12O2/c8-4(14)5(9,15)23-3(22-4,7(19,20)21)1(10,11)2(12,13)6(16,17)18. The molecule has 0 aliphatic carbocycles. The van der Waals surface area contributed by atoms with Crippen molar-refractivity contribution in [3.05, 3.63) is 0 Å². The molecule has 0 bridgehead atoms. The van der Waals surface area contributed by atoms with Gasteiger partial charge >= 0.3 is 40.6 Å². The van der Waals surface area contributed by atoms with Crippen LogP contribution in [0.4, 0.5) is 52.7 Å². The summed E-state index contributed by atoms with van der Waals surface area (Å²) in [7, 11) is 0. The highest BCUT2D eigenvalue weighted by atomic mass is 35.5. The van der Waals surface area contributed by atoms with Crippen molar-refractivity contribution in [1.82, 2.24) is 0 Å². The molecule has 1 aliphatic heterocycles. The predicted molar refractivity (Wildman–Crippen MR) is 46.3 cm³/mol. The van der Waals surface area contributed by atoms with Gasteiger partial charge in [0.2, 0.25) is 0 Å². The molecule has 138 valence electrons. The first-order chi connectivity index (χ1) is 9.66. The molecule has 16 heteroatoms. The fraction of sp³-hybridized carbons (Fsp3) is 1.00. The van der Waals surface area contributed by atoms with E-state index in [4.69, 9.17) is 0 Å². The molecule has 0 radical (unpaired) electrons. The molecule has 0 spiro atoms. The molecule has 23 heavy (non-hydrogen) atoms. The fourth-order valence-corrected chi connectivity index (χ4v) is 1.60. The van der Waals surface area contributed by atoms with Crippen LogP contribution in [-0.2, 0) is 9.47 Å². The summed E-state index contributed by atoms with van der Waals surface area (Å²) in [6.45, 7) is 0. The Bertz CT molecular complexity index is 465. The maximum Gasteiger partial charge on any atom is 0.460 e. The maximum atomic E-state index is 13.3. The molecule has 2 unspecified atom stereocenters. The smallest absolute Gasteiger partial charge is 0.281 e. The first-order valence-corrected chi connectivity index (χ1v) is 5.47. The molecule has 0 saturated carbocycles. The minimum atomic E-state index is -7.50. The zero-order chi connectivity index (χ0) is 18.9. The van der Waals surface area contributed by atoms with Crippen molar-refractivity contribution < 1.29 is 62.2 Å². The van der Waals surface area contributed by atoms with Gasteiger partial charge in [0.15, 0.2) is 0 Å². The van der Waals surface area contributed by atoms with E-state index in [-0.39, 0.29) is 0 Å². The van der Waals surface area contributed by atoms with Gasteiger partial charge in [0.05, 0.1) is 0 Å². The molecule has 1 heterocycles. The van der Waals surface area contributed by atoms with Gasteiger partial charge in [-0.15, -0.1) is 0 Å². The van der Waals surface area contributed by atoms with Gasteiger partial charge in [-0.2, -0.15) is 52.7 Å². The molecule has 0 N–H and O–H groups in total. The van der Waals surface area contributed by atoms with E-state index in [0.29, 0.717) is 0 Å². The van der Waals surface area contributed by atoms with Crippen molar-refractivity contribution in [2.45, 2.75) is 40.6 Å². The Balaban J connectivity index is 3.65. The second-order valence-corrected chi connectivity index (χ2v) is 4.97. The highest BCUT2D eigenvalue weighted by Gasteiger charge is 2.93. The van der Waals surface area contributed by atoms with Crippen LogP contribution in [0, 0.1) is 0 Å². The molecule has 0 amide bonds. The third-order valence-corrected chi connectivity index (χ3v) is 3.16. The molecule has 1 fully saturated rings. The van der Waals surface area contributed by atoms with Gasteiger partial charge in [-0.05, 0) is 23.2 Å². The third-order valence-electron chi connectivity index (χ3n) is 2.42. The van der Waals surface area contributed by atoms with Crippen LogP contribution >= 0.6 is 23.2 Å². The van der Waals surface area contributed by atoms with Crippen LogP contribution in [0.3, 0.4) is 0 Å². The molecule has 1 rings (SSSR count). The van der Waals surface area contributed by atoms with E-state index in [9.17, 15) is 52.7 Å². The lowest BCUT2D eigenvalue weighted by molar-refractivity contribution is -0.481. The Hall–Kier alpha value is -0.340. The average molecular weight is 415 g/mol. The van der Waals surface area contributed by atoms with Crippen molar-refractivity contribution in [2.24, 2.45) is 0 Å². The van der Waals surface area contributed by atoms with Crippen molar-refractivity contribution in [1.29, 1.82) is 0 Å². The van der Waals surface area contributed by atoms with Crippen LogP contribution in [0.1, 0.15) is 0 Å². The number of halogens is 14. The van der Waals surface area contributed by atoms with Gasteiger partial charge in [0, 0.05) is 0 Å². The fourth-order valence-electron chi connectivity index (χ4n) is 1.31. The normalized spacial score (nSPS) is 37.3. The van der Waals surface area contributed by atoms with Crippen molar-refractivity contribution >= 4 is 23.2 Å². The van der Waals surface area contributed by atoms with E-state index < -0.39 is 40.6 Å². The van der Waals surface area contributed by atoms with Crippen molar-refractivity contribution in [2.75, 3.05) is 0 Å². The Morgan fingerprint density at radius 1 is 0.652 bits per heavy atom. The SMILES string of the molecule is FC(F)(F)C(F)(F)C(F)(F)C1(C(F)(F)F)OC(F)(Cl)C(F)(Cl)O1. The Kier molecular flexibility index (Phi) is 4.37. The topological polar surface area (TPSA) is 18.5 Å². The first kappa shape index (κ1) is 20.7. The lowest BCUT2D eigenvalue weighted by Gasteiger charge is -2.39. The zero-order valence-electron chi connectivity index (χ0n) is 9.61. The van der Waals surface area contributed by atoms with E-state index in [1.165, 1.54) is 0 Å². The zero-order valence-corrected chi connectivity index (χ0v) is 11.1. The minimum absolute atomic E-state index is 2.58. The number of hydrogen-bond donors (Lipinski definition) is 0. The quantitative estimate of drug-likeness (QED) is 0.475. The molecular weight excluding hydrogens is 415 g/mol. The summed E-state index contributed by atoms with van der Waals surface area (Å²) in [5, 5.41) is -10.3. The molecule has 0 aromatic carbocycles. The number of alkyl halides is 14. The van der Waals surface area contributed by atoms with Crippen LogP contribution in [0.2, 0.25) is 0 Å². The van der Waals surface area contributed by atoms with Gasteiger partial charge in [-0.3, -0.25) is 9.47 Å².